The van der Waals surface area contributed by atoms with E-state index in [1.165, 1.54) is 16.2 Å². The molecule has 0 heterocycles. The van der Waals surface area contributed by atoms with Crippen LogP contribution in [0, 0.1) is 0 Å². The van der Waals surface area contributed by atoms with Crippen LogP contribution in [-0.4, -0.2) is 17.2 Å². The second-order valence-electron chi connectivity index (χ2n) is 6.85. The maximum absolute atomic E-state index is 9.93. The molecule has 3 heteroatoms. The molecule has 2 N–H and O–H groups in total. The molecule has 0 aliphatic heterocycles. The van der Waals surface area contributed by atoms with Gasteiger partial charge in [-0.15, -0.1) is 0 Å². The van der Waals surface area contributed by atoms with Gasteiger partial charge in [0.25, 0.3) is 0 Å². The zero-order valence-electron chi connectivity index (χ0n) is 14.6. The van der Waals surface area contributed by atoms with Crippen LogP contribution in [0.5, 0.6) is 0 Å². The predicted molar refractivity (Wildman–Crippen MR) is 114 cm³/mol. The Morgan fingerprint density at radius 3 is 1.78 bits per heavy atom. The highest BCUT2D eigenvalue weighted by molar-refractivity contribution is 6.62. The molecule has 0 amide bonds. The molecule has 0 saturated heterocycles. The highest BCUT2D eigenvalue weighted by atomic mass is 16.4. The third kappa shape index (κ3) is 2.60. The van der Waals surface area contributed by atoms with Crippen LogP contribution in [0.3, 0.4) is 0 Å². The Kier molecular flexibility index (Phi) is 3.71. The normalized spacial score (nSPS) is 11.3. The first-order valence-corrected chi connectivity index (χ1v) is 9.02. The van der Waals surface area contributed by atoms with Gasteiger partial charge in [-0.1, -0.05) is 78.9 Å². The van der Waals surface area contributed by atoms with E-state index in [-0.39, 0.29) is 0 Å². The fourth-order valence-corrected chi connectivity index (χ4v) is 4.00. The summed E-state index contributed by atoms with van der Waals surface area (Å²) >= 11 is 0. The van der Waals surface area contributed by atoms with Crippen molar-refractivity contribution in [3.8, 4) is 11.1 Å². The smallest absolute Gasteiger partial charge is 0.423 e. The molecule has 5 rings (SSSR count). The van der Waals surface area contributed by atoms with Crippen LogP contribution in [0.4, 0.5) is 0 Å². The Morgan fingerprint density at radius 1 is 0.519 bits per heavy atom. The monoisotopic (exact) mass is 348 g/mol. The van der Waals surface area contributed by atoms with Gasteiger partial charge in [-0.25, -0.2) is 0 Å². The summed E-state index contributed by atoms with van der Waals surface area (Å²) in [6.45, 7) is 0. The fourth-order valence-electron chi connectivity index (χ4n) is 4.00. The summed E-state index contributed by atoms with van der Waals surface area (Å²) in [7, 11) is -1.51. The fraction of sp³-hybridized carbons (Fsp3) is 0. The standard InChI is InChI=1S/C24H17BO2/c26-25(27)24-15-18(13-16-7-2-4-10-20(16)24)23-14-17-8-1-3-9-19(17)21-11-5-6-12-22(21)23/h1-15,26-27H. The van der Waals surface area contributed by atoms with Gasteiger partial charge < -0.3 is 10.0 Å². The second-order valence-corrected chi connectivity index (χ2v) is 6.85. The van der Waals surface area contributed by atoms with Gasteiger partial charge >= 0.3 is 7.12 Å². The number of hydrogen-bond acceptors (Lipinski definition) is 2. The first kappa shape index (κ1) is 16.1. The molecule has 0 spiro atoms. The summed E-state index contributed by atoms with van der Waals surface area (Å²) in [5.74, 6) is 0. The molecule has 0 saturated carbocycles. The molecule has 5 aromatic carbocycles. The lowest BCUT2D eigenvalue weighted by Gasteiger charge is -2.14. The molecule has 0 radical (unpaired) electrons. The zero-order valence-corrected chi connectivity index (χ0v) is 14.6. The average Bonchev–Trinajstić information content (AvgIpc) is 2.72. The van der Waals surface area contributed by atoms with E-state index in [0.29, 0.717) is 5.46 Å². The van der Waals surface area contributed by atoms with Crippen molar-refractivity contribution in [1.29, 1.82) is 0 Å². The molecule has 0 unspecified atom stereocenters. The van der Waals surface area contributed by atoms with E-state index in [1.54, 1.807) is 0 Å². The maximum Gasteiger partial charge on any atom is 0.489 e. The lowest BCUT2D eigenvalue weighted by molar-refractivity contribution is 0.426. The van der Waals surface area contributed by atoms with E-state index in [2.05, 4.69) is 48.5 Å². The summed E-state index contributed by atoms with van der Waals surface area (Å²) in [5.41, 5.74) is 2.61. The molecule has 27 heavy (non-hydrogen) atoms. The minimum absolute atomic E-state index is 0.528. The Morgan fingerprint density at radius 2 is 1.07 bits per heavy atom. The van der Waals surface area contributed by atoms with Crippen LogP contribution in [0.25, 0.3) is 43.4 Å². The van der Waals surface area contributed by atoms with E-state index in [4.69, 9.17) is 0 Å². The highest BCUT2D eigenvalue weighted by Gasteiger charge is 2.17. The number of hydrogen-bond donors (Lipinski definition) is 2. The molecular formula is C24H17BO2. The van der Waals surface area contributed by atoms with Crippen molar-refractivity contribution in [2.24, 2.45) is 0 Å². The van der Waals surface area contributed by atoms with Crippen LogP contribution < -0.4 is 5.46 Å². The van der Waals surface area contributed by atoms with E-state index >= 15 is 0 Å². The third-order valence-corrected chi connectivity index (χ3v) is 5.25. The Hall–Kier alpha value is -3.14. The lowest BCUT2D eigenvalue weighted by atomic mass is 9.75. The number of rotatable bonds is 2. The van der Waals surface area contributed by atoms with E-state index < -0.39 is 7.12 Å². The first-order chi connectivity index (χ1) is 13.2. The maximum atomic E-state index is 9.93. The van der Waals surface area contributed by atoms with E-state index in [0.717, 1.165) is 27.3 Å². The lowest BCUT2D eigenvalue weighted by Crippen LogP contribution is -2.30. The predicted octanol–water partition coefficient (Wildman–Crippen LogP) is 4.49. The summed E-state index contributed by atoms with van der Waals surface area (Å²) in [4.78, 5) is 0. The summed E-state index contributed by atoms with van der Waals surface area (Å²) in [6.07, 6.45) is 0. The SMILES string of the molecule is OB(O)c1cc(-c2cc3ccccc3c3ccccc23)cc2ccccc12. The van der Waals surface area contributed by atoms with Crippen molar-refractivity contribution >= 4 is 44.9 Å². The van der Waals surface area contributed by atoms with Crippen molar-refractivity contribution in [3.63, 3.8) is 0 Å². The van der Waals surface area contributed by atoms with E-state index in [9.17, 15) is 10.0 Å². The molecule has 0 fully saturated rings. The van der Waals surface area contributed by atoms with Crippen LogP contribution >= 0.6 is 0 Å². The molecule has 0 aromatic heterocycles. The van der Waals surface area contributed by atoms with Crippen LogP contribution in [0.15, 0.2) is 91.0 Å². The van der Waals surface area contributed by atoms with Crippen LogP contribution in [0.1, 0.15) is 0 Å². The van der Waals surface area contributed by atoms with Crippen LogP contribution in [0.2, 0.25) is 0 Å². The van der Waals surface area contributed by atoms with Crippen LogP contribution in [-0.2, 0) is 0 Å². The zero-order chi connectivity index (χ0) is 18.4. The first-order valence-electron chi connectivity index (χ1n) is 9.02. The van der Waals surface area contributed by atoms with Gasteiger partial charge in [0.2, 0.25) is 0 Å². The molecule has 0 aliphatic rings. The van der Waals surface area contributed by atoms with Gasteiger partial charge in [-0.2, -0.15) is 0 Å². The Labute approximate surface area is 157 Å². The summed E-state index contributed by atoms with van der Waals surface area (Å²) < 4.78 is 0. The molecule has 0 atom stereocenters. The molecule has 0 bridgehead atoms. The summed E-state index contributed by atoms with van der Waals surface area (Å²) in [5, 5.41) is 26.5. The quantitative estimate of drug-likeness (QED) is 0.364. The van der Waals surface area contributed by atoms with E-state index in [1.807, 2.05) is 42.5 Å². The number of benzene rings is 5. The largest absolute Gasteiger partial charge is 0.489 e. The topological polar surface area (TPSA) is 40.5 Å². The minimum atomic E-state index is -1.51. The Bertz CT molecular complexity index is 1310. The Balaban J connectivity index is 1.90. The molecule has 2 nitrogen and oxygen atoms in total. The van der Waals surface area contributed by atoms with Crippen molar-refractivity contribution < 1.29 is 10.0 Å². The molecule has 128 valence electrons. The van der Waals surface area contributed by atoms with Crippen molar-refractivity contribution in [2.75, 3.05) is 0 Å². The molecule has 5 aromatic rings. The van der Waals surface area contributed by atoms with Crippen molar-refractivity contribution in [3.05, 3.63) is 91.0 Å². The van der Waals surface area contributed by atoms with Gasteiger partial charge in [-0.05, 0) is 61.0 Å². The highest BCUT2D eigenvalue weighted by Crippen LogP contribution is 2.35. The van der Waals surface area contributed by atoms with Gasteiger partial charge in [0, 0.05) is 0 Å². The third-order valence-electron chi connectivity index (χ3n) is 5.25. The van der Waals surface area contributed by atoms with Crippen molar-refractivity contribution in [2.45, 2.75) is 0 Å². The van der Waals surface area contributed by atoms with Crippen molar-refractivity contribution in [1.82, 2.24) is 0 Å². The second kappa shape index (κ2) is 6.24. The average molecular weight is 348 g/mol. The summed E-state index contributed by atoms with van der Waals surface area (Å²) in [6, 6.07) is 30.8. The van der Waals surface area contributed by atoms with Gasteiger partial charge in [0.15, 0.2) is 0 Å². The number of fused-ring (bicyclic) bond motifs is 4. The minimum Gasteiger partial charge on any atom is -0.423 e. The van der Waals surface area contributed by atoms with Gasteiger partial charge in [0.05, 0.1) is 0 Å². The van der Waals surface area contributed by atoms with Gasteiger partial charge in [0.1, 0.15) is 0 Å². The molecule has 0 aliphatic carbocycles. The van der Waals surface area contributed by atoms with Gasteiger partial charge in [-0.3, -0.25) is 0 Å². The molecular weight excluding hydrogens is 331 g/mol.